The molecule has 1 aromatic carbocycles. The van der Waals surface area contributed by atoms with Crippen LogP contribution in [0.25, 0.3) is 15.9 Å². The number of halogens is 3. The summed E-state index contributed by atoms with van der Waals surface area (Å²) in [5, 5.41) is 6.20. The lowest BCUT2D eigenvalue weighted by Crippen LogP contribution is -2.11. The van der Waals surface area contributed by atoms with Gasteiger partial charge in [-0.2, -0.15) is 18.3 Å². The van der Waals surface area contributed by atoms with Crippen molar-refractivity contribution in [2.75, 3.05) is 5.32 Å². The number of aromatic nitrogens is 3. The SMILES string of the molecule is O=C(Nc1ccccn1)c1cc2c(C(F)(F)F)nn(-c3ccccc3)c2s1. The number of thiophene rings is 1. The van der Waals surface area contributed by atoms with Crippen LogP contribution in [0.5, 0.6) is 0 Å². The first-order valence-electron chi connectivity index (χ1n) is 7.81. The third kappa shape index (κ3) is 3.28. The maximum atomic E-state index is 13.4. The van der Waals surface area contributed by atoms with Gasteiger partial charge in [-0.05, 0) is 30.3 Å². The van der Waals surface area contributed by atoms with Gasteiger partial charge in [0.1, 0.15) is 10.6 Å². The molecule has 0 atom stereocenters. The number of fused-ring (bicyclic) bond motifs is 1. The first-order chi connectivity index (χ1) is 12.9. The summed E-state index contributed by atoms with van der Waals surface area (Å²) in [4.78, 5) is 16.8. The van der Waals surface area contributed by atoms with Crippen LogP contribution in [0.2, 0.25) is 0 Å². The third-order valence-corrected chi connectivity index (χ3v) is 4.87. The summed E-state index contributed by atoms with van der Waals surface area (Å²) in [6.07, 6.45) is -3.12. The van der Waals surface area contributed by atoms with Crippen molar-refractivity contribution in [3.63, 3.8) is 0 Å². The number of nitrogens with zero attached hydrogens (tertiary/aromatic N) is 3. The predicted octanol–water partition coefficient (Wildman–Crippen LogP) is 4.75. The van der Waals surface area contributed by atoms with Crippen LogP contribution in [-0.4, -0.2) is 20.7 Å². The van der Waals surface area contributed by atoms with Crippen LogP contribution in [0.15, 0.2) is 60.8 Å². The number of rotatable bonds is 3. The summed E-state index contributed by atoms with van der Waals surface area (Å²) < 4.78 is 41.5. The first-order valence-corrected chi connectivity index (χ1v) is 8.63. The molecule has 0 aliphatic rings. The minimum Gasteiger partial charge on any atom is -0.306 e. The minimum atomic E-state index is -4.63. The van der Waals surface area contributed by atoms with Crippen LogP contribution in [0, 0.1) is 0 Å². The molecule has 0 saturated heterocycles. The topological polar surface area (TPSA) is 59.8 Å². The highest BCUT2D eigenvalue weighted by atomic mass is 32.1. The molecule has 136 valence electrons. The van der Waals surface area contributed by atoms with E-state index in [4.69, 9.17) is 0 Å². The molecule has 1 amide bonds. The smallest absolute Gasteiger partial charge is 0.306 e. The van der Waals surface area contributed by atoms with Gasteiger partial charge < -0.3 is 5.32 Å². The van der Waals surface area contributed by atoms with E-state index in [0.717, 1.165) is 11.3 Å². The quantitative estimate of drug-likeness (QED) is 0.551. The van der Waals surface area contributed by atoms with Crippen LogP contribution in [0.4, 0.5) is 19.0 Å². The molecule has 0 bridgehead atoms. The summed E-state index contributed by atoms with van der Waals surface area (Å²) in [5.41, 5.74) is -0.536. The summed E-state index contributed by atoms with van der Waals surface area (Å²) in [6.45, 7) is 0. The highest BCUT2D eigenvalue weighted by Gasteiger charge is 2.38. The number of alkyl halides is 3. The molecule has 0 radical (unpaired) electrons. The van der Waals surface area contributed by atoms with Crippen LogP contribution >= 0.6 is 11.3 Å². The fourth-order valence-electron chi connectivity index (χ4n) is 2.59. The summed E-state index contributed by atoms with van der Waals surface area (Å²) in [6, 6.07) is 14.7. The lowest BCUT2D eigenvalue weighted by molar-refractivity contribution is -0.140. The zero-order valence-electron chi connectivity index (χ0n) is 13.6. The van der Waals surface area contributed by atoms with Crippen molar-refractivity contribution in [3.05, 3.63) is 71.4 Å². The third-order valence-electron chi connectivity index (χ3n) is 3.76. The van der Waals surface area contributed by atoms with E-state index in [0.29, 0.717) is 11.5 Å². The van der Waals surface area contributed by atoms with E-state index in [1.165, 1.54) is 16.9 Å². The lowest BCUT2D eigenvalue weighted by atomic mass is 10.2. The second-order valence-electron chi connectivity index (χ2n) is 5.59. The van der Waals surface area contributed by atoms with Gasteiger partial charge in [-0.3, -0.25) is 4.79 Å². The molecular weight excluding hydrogens is 377 g/mol. The Bertz CT molecular complexity index is 1100. The lowest BCUT2D eigenvalue weighted by Gasteiger charge is -2.04. The van der Waals surface area contributed by atoms with E-state index in [-0.39, 0.29) is 15.1 Å². The highest BCUT2D eigenvalue weighted by Crippen LogP contribution is 2.38. The van der Waals surface area contributed by atoms with Gasteiger partial charge in [0, 0.05) is 11.6 Å². The molecule has 4 aromatic rings. The average molecular weight is 388 g/mol. The number of anilines is 1. The van der Waals surface area contributed by atoms with E-state index in [1.807, 2.05) is 0 Å². The molecule has 0 saturated carbocycles. The van der Waals surface area contributed by atoms with Gasteiger partial charge in [-0.15, -0.1) is 11.3 Å². The largest absolute Gasteiger partial charge is 0.435 e. The Morgan fingerprint density at radius 3 is 2.48 bits per heavy atom. The van der Waals surface area contributed by atoms with Gasteiger partial charge in [0.15, 0.2) is 5.69 Å². The molecule has 5 nitrogen and oxygen atoms in total. The zero-order valence-corrected chi connectivity index (χ0v) is 14.4. The van der Waals surface area contributed by atoms with Crippen molar-refractivity contribution in [2.24, 2.45) is 0 Å². The van der Waals surface area contributed by atoms with Crippen LogP contribution in [-0.2, 0) is 6.18 Å². The Labute approximate surface area is 155 Å². The number of carbonyl (C=O) groups excluding carboxylic acids is 1. The van der Waals surface area contributed by atoms with Crippen molar-refractivity contribution in [1.29, 1.82) is 0 Å². The zero-order chi connectivity index (χ0) is 19.0. The number of amides is 1. The van der Waals surface area contributed by atoms with E-state index in [2.05, 4.69) is 15.4 Å². The van der Waals surface area contributed by atoms with Gasteiger partial charge in [0.05, 0.1) is 10.6 Å². The second kappa shape index (κ2) is 6.51. The molecule has 0 aliphatic heterocycles. The van der Waals surface area contributed by atoms with Crippen LogP contribution in [0.1, 0.15) is 15.4 Å². The standard InChI is InChI=1S/C18H11F3N4OS/c19-18(20,21)15-12-10-13(16(26)23-14-8-4-5-9-22-14)27-17(12)25(24-15)11-6-2-1-3-7-11/h1-10H,(H,22,23,26). The molecule has 4 rings (SSSR count). The molecular formula is C18H11F3N4OS. The Morgan fingerprint density at radius 2 is 1.81 bits per heavy atom. The molecule has 3 aromatic heterocycles. The molecule has 0 unspecified atom stereocenters. The monoisotopic (exact) mass is 388 g/mol. The highest BCUT2D eigenvalue weighted by molar-refractivity contribution is 7.20. The van der Waals surface area contributed by atoms with E-state index < -0.39 is 17.8 Å². The fraction of sp³-hybridized carbons (Fsp3) is 0.0556. The molecule has 1 N–H and O–H groups in total. The molecule has 3 heterocycles. The minimum absolute atomic E-state index is 0.109. The van der Waals surface area contributed by atoms with Gasteiger partial charge in [0.2, 0.25) is 0 Å². The number of hydrogen-bond acceptors (Lipinski definition) is 4. The van der Waals surface area contributed by atoms with Crippen molar-refractivity contribution in [3.8, 4) is 5.69 Å². The number of para-hydroxylation sites is 1. The second-order valence-corrected chi connectivity index (χ2v) is 6.62. The molecule has 0 aliphatic carbocycles. The molecule has 0 spiro atoms. The van der Waals surface area contributed by atoms with Gasteiger partial charge in [-0.25, -0.2) is 9.67 Å². The van der Waals surface area contributed by atoms with Gasteiger partial charge in [-0.1, -0.05) is 24.3 Å². The fourth-order valence-corrected chi connectivity index (χ4v) is 3.61. The maximum absolute atomic E-state index is 13.4. The molecule has 9 heteroatoms. The average Bonchev–Trinajstić information content (AvgIpc) is 3.22. The summed E-state index contributed by atoms with van der Waals surface area (Å²) in [7, 11) is 0. The van der Waals surface area contributed by atoms with Crippen molar-refractivity contribution in [2.45, 2.75) is 6.18 Å². The van der Waals surface area contributed by atoms with E-state index in [9.17, 15) is 18.0 Å². The number of nitrogens with one attached hydrogen (secondary N) is 1. The Morgan fingerprint density at radius 1 is 1.07 bits per heavy atom. The number of benzene rings is 1. The van der Waals surface area contributed by atoms with Crippen LogP contribution < -0.4 is 5.32 Å². The number of carbonyl (C=O) groups is 1. The van der Waals surface area contributed by atoms with E-state index >= 15 is 0 Å². The van der Waals surface area contributed by atoms with Crippen molar-refractivity contribution in [1.82, 2.24) is 14.8 Å². The van der Waals surface area contributed by atoms with Crippen LogP contribution in [0.3, 0.4) is 0 Å². The molecule has 27 heavy (non-hydrogen) atoms. The molecule has 0 fully saturated rings. The van der Waals surface area contributed by atoms with E-state index in [1.54, 1.807) is 48.5 Å². The van der Waals surface area contributed by atoms with Crippen molar-refractivity contribution >= 4 is 33.3 Å². The predicted molar refractivity (Wildman–Crippen MR) is 96.1 cm³/mol. The summed E-state index contributed by atoms with van der Waals surface area (Å²) in [5.74, 6) is -0.205. The maximum Gasteiger partial charge on any atom is 0.435 e. The van der Waals surface area contributed by atoms with Gasteiger partial charge in [0.25, 0.3) is 5.91 Å². The number of pyridine rings is 1. The Hall–Kier alpha value is -3.20. The summed E-state index contributed by atoms with van der Waals surface area (Å²) >= 11 is 0.944. The Balaban J connectivity index is 1.81. The first kappa shape index (κ1) is 17.2. The normalized spacial score (nSPS) is 11.7. The number of hydrogen-bond donors (Lipinski definition) is 1. The van der Waals surface area contributed by atoms with Crippen molar-refractivity contribution < 1.29 is 18.0 Å². The van der Waals surface area contributed by atoms with Gasteiger partial charge >= 0.3 is 6.18 Å². The Kier molecular flexibility index (Phi) is 4.15.